The van der Waals surface area contributed by atoms with Crippen LogP contribution >= 0.6 is 11.6 Å². The van der Waals surface area contributed by atoms with Crippen LogP contribution in [0.2, 0.25) is 5.02 Å². The van der Waals surface area contributed by atoms with Gasteiger partial charge in [-0.25, -0.2) is 9.66 Å². The van der Waals surface area contributed by atoms with E-state index in [1.807, 2.05) is 12.1 Å². The van der Waals surface area contributed by atoms with Crippen molar-refractivity contribution in [3.63, 3.8) is 0 Å². The normalized spacial score (nSPS) is 13.9. The Kier molecular flexibility index (Phi) is 3.58. The summed E-state index contributed by atoms with van der Waals surface area (Å²) in [6.45, 7) is 0. The molecular formula is C18H14ClN3O2. The molecule has 1 aliphatic carbocycles. The summed E-state index contributed by atoms with van der Waals surface area (Å²) in [7, 11) is 0. The first-order valence-electron chi connectivity index (χ1n) is 7.73. The predicted octanol–water partition coefficient (Wildman–Crippen LogP) is 3.31. The van der Waals surface area contributed by atoms with Crippen LogP contribution in [0.4, 0.5) is 0 Å². The molecule has 0 radical (unpaired) electrons. The molecule has 6 heteroatoms. The smallest absolute Gasteiger partial charge is 0.267 e. The van der Waals surface area contributed by atoms with Gasteiger partial charge in [-0.3, -0.25) is 15.0 Å². The van der Waals surface area contributed by atoms with E-state index in [-0.39, 0.29) is 11.5 Å². The highest BCUT2D eigenvalue weighted by Gasteiger charge is 2.30. The molecule has 1 aliphatic rings. The minimum Gasteiger partial charge on any atom is -0.267 e. The van der Waals surface area contributed by atoms with E-state index < -0.39 is 5.91 Å². The number of nitrogens with zero attached hydrogens (tertiary/aromatic N) is 2. The molecule has 0 aliphatic heterocycles. The van der Waals surface area contributed by atoms with Gasteiger partial charge in [-0.05, 0) is 37.1 Å². The first-order valence-corrected chi connectivity index (χ1v) is 8.10. The first kappa shape index (κ1) is 14.9. The average molecular weight is 340 g/mol. The second-order valence-corrected chi connectivity index (χ2v) is 6.23. The Morgan fingerprint density at radius 3 is 2.58 bits per heavy atom. The van der Waals surface area contributed by atoms with Crippen LogP contribution < -0.4 is 11.0 Å². The fraction of sp³-hybridized carbons (Fsp3) is 0.167. The van der Waals surface area contributed by atoms with Crippen molar-refractivity contribution in [1.29, 1.82) is 0 Å². The van der Waals surface area contributed by atoms with E-state index in [0.29, 0.717) is 27.3 Å². The van der Waals surface area contributed by atoms with Gasteiger partial charge in [0.25, 0.3) is 11.5 Å². The predicted molar refractivity (Wildman–Crippen MR) is 93.1 cm³/mol. The van der Waals surface area contributed by atoms with Crippen molar-refractivity contribution in [2.45, 2.75) is 18.8 Å². The molecule has 1 heterocycles. The molecule has 0 atom stereocenters. The molecule has 0 saturated heterocycles. The molecule has 0 unspecified atom stereocenters. The van der Waals surface area contributed by atoms with E-state index in [1.165, 1.54) is 4.68 Å². The van der Waals surface area contributed by atoms with E-state index in [4.69, 9.17) is 11.6 Å². The number of benzene rings is 2. The van der Waals surface area contributed by atoms with Gasteiger partial charge in [0, 0.05) is 5.92 Å². The van der Waals surface area contributed by atoms with Crippen molar-refractivity contribution in [3.05, 3.63) is 75.3 Å². The lowest BCUT2D eigenvalue weighted by atomic mass is 10.2. The van der Waals surface area contributed by atoms with Gasteiger partial charge in [0.05, 0.1) is 21.5 Å². The summed E-state index contributed by atoms with van der Waals surface area (Å²) in [6, 6.07) is 13.9. The van der Waals surface area contributed by atoms with E-state index in [1.54, 1.807) is 36.4 Å². The fourth-order valence-electron chi connectivity index (χ4n) is 2.68. The molecule has 1 saturated carbocycles. The van der Waals surface area contributed by atoms with Crippen LogP contribution in [0.15, 0.2) is 53.3 Å². The third-order valence-corrected chi connectivity index (χ3v) is 4.41. The largest absolute Gasteiger partial charge is 0.280 e. The topological polar surface area (TPSA) is 64.0 Å². The number of hydrogen-bond acceptors (Lipinski definition) is 3. The van der Waals surface area contributed by atoms with E-state index in [0.717, 1.165) is 12.8 Å². The molecule has 0 bridgehead atoms. The Balaban J connectivity index is 1.82. The minimum absolute atomic E-state index is 0.203. The lowest BCUT2D eigenvalue weighted by Gasteiger charge is -2.14. The van der Waals surface area contributed by atoms with Crippen LogP contribution in [0.25, 0.3) is 10.9 Å². The van der Waals surface area contributed by atoms with Gasteiger partial charge in [-0.15, -0.1) is 0 Å². The van der Waals surface area contributed by atoms with Crippen molar-refractivity contribution in [3.8, 4) is 0 Å². The molecular weight excluding hydrogens is 326 g/mol. The van der Waals surface area contributed by atoms with E-state index in [2.05, 4.69) is 10.4 Å². The van der Waals surface area contributed by atoms with Crippen molar-refractivity contribution in [2.75, 3.05) is 5.43 Å². The Morgan fingerprint density at radius 2 is 1.83 bits per heavy atom. The van der Waals surface area contributed by atoms with Gasteiger partial charge >= 0.3 is 0 Å². The second kappa shape index (κ2) is 5.76. The van der Waals surface area contributed by atoms with Crippen molar-refractivity contribution < 1.29 is 4.79 Å². The molecule has 3 aromatic rings. The van der Waals surface area contributed by atoms with Crippen LogP contribution in [-0.2, 0) is 0 Å². The Hall–Kier alpha value is -2.66. The summed E-state index contributed by atoms with van der Waals surface area (Å²) in [5.74, 6) is 0.370. The van der Waals surface area contributed by atoms with Crippen LogP contribution in [-0.4, -0.2) is 15.6 Å². The van der Waals surface area contributed by atoms with Crippen molar-refractivity contribution >= 4 is 28.4 Å². The average Bonchev–Trinajstić information content (AvgIpc) is 3.42. The molecule has 24 heavy (non-hydrogen) atoms. The molecule has 1 N–H and O–H groups in total. The van der Waals surface area contributed by atoms with Gasteiger partial charge < -0.3 is 0 Å². The fourth-order valence-corrected chi connectivity index (χ4v) is 2.90. The zero-order valence-electron chi connectivity index (χ0n) is 12.7. The summed E-state index contributed by atoms with van der Waals surface area (Å²) in [5, 5.41) is 0.811. The second-order valence-electron chi connectivity index (χ2n) is 5.82. The maximum atomic E-state index is 12.8. The summed E-state index contributed by atoms with van der Waals surface area (Å²) in [4.78, 5) is 29.9. The SMILES string of the molecule is O=C(Nn1c(C2CC2)nc2ccccc2c1=O)c1ccccc1Cl. The first-order chi connectivity index (χ1) is 11.6. The zero-order chi connectivity index (χ0) is 16.7. The molecule has 1 aromatic heterocycles. The van der Waals surface area contributed by atoms with Gasteiger partial charge in [0.1, 0.15) is 5.82 Å². The van der Waals surface area contributed by atoms with Crippen LogP contribution in [0, 0.1) is 0 Å². The minimum atomic E-state index is -0.429. The number of carbonyl (C=O) groups excluding carboxylic acids is 1. The Morgan fingerprint density at radius 1 is 1.12 bits per heavy atom. The lowest BCUT2D eigenvalue weighted by Crippen LogP contribution is -2.36. The molecule has 120 valence electrons. The number of rotatable bonds is 3. The summed E-state index contributed by atoms with van der Waals surface area (Å²) in [5.41, 5.74) is 3.36. The third kappa shape index (κ3) is 2.57. The third-order valence-electron chi connectivity index (χ3n) is 4.08. The van der Waals surface area contributed by atoms with E-state index >= 15 is 0 Å². The number of halogens is 1. The van der Waals surface area contributed by atoms with Gasteiger partial charge in [0.2, 0.25) is 0 Å². The van der Waals surface area contributed by atoms with Crippen LogP contribution in [0.3, 0.4) is 0 Å². The molecule has 2 aromatic carbocycles. The number of carbonyl (C=O) groups is 1. The molecule has 5 nitrogen and oxygen atoms in total. The highest BCUT2D eigenvalue weighted by Crippen LogP contribution is 2.38. The lowest BCUT2D eigenvalue weighted by molar-refractivity contribution is 0.101. The Labute approximate surface area is 142 Å². The van der Waals surface area contributed by atoms with E-state index in [9.17, 15) is 9.59 Å². The molecule has 1 amide bonds. The summed E-state index contributed by atoms with van der Waals surface area (Å²) < 4.78 is 1.27. The molecule has 4 rings (SSSR count). The maximum Gasteiger partial charge on any atom is 0.280 e. The number of aromatic nitrogens is 2. The number of fused-ring (bicyclic) bond motifs is 1. The number of hydrogen-bond donors (Lipinski definition) is 1. The maximum absolute atomic E-state index is 12.8. The highest BCUT2D eigenvalue weighted by atomic mass is 35.5. The quantitative estimate of drug-likeness (QED) is 0.796. The molecule has 0 spiro atoms. The van der Waals surface area contributed by atoms with Gasteiger partial charge in [0.15, 0.2) is 0 Å². The summed E-state index contributed by atoms with van der Waals surface area (Å²) in [6.07, 6.45) is 1.93. The standard InChI is InChI=1S/C18H14ClN3O2/c19-14-7-3-1-5-12(14)17(23)21-22-16(11-9-10-11)20-15-8-4-2-6-13(15)18(22)24/h1-8,11H,9-10H2,(H,21,23). The van der Waals surface area contributed by atoms with Gasteiger partial charge in [-0.1, -0.05) is 35.9 Å². The Bertz CT molecular complexity index is 1010. The zero-order valence-corrected chi connectivity index (χ0v) is 13.5. The number of nitrogens with one attached hydrogen (secondary N) is 1. The highest BCUT2D eigenvalue weighted by molar-refractivity contribution is 6.34. The van der Waals surface area contributed by atoms with Crippen molar-refractivity contribution in [2.24, 2.45) is 0 Å². The number of para-hydroxylation sites is 1. The molecule has 1 fully saturated rings. The van der Waals surface area contributed by atoms with Crippen molar-refractivity contribution in [1.82, 2.24) is 9.66 Å². The monoisotopic (exact) mass is 339 g/mol. The van der Waals surface area contributed by atoms with Crippen LogP contribution in [0.1, 0.15) is 34.9 Å². The summed E-state index contributed by atoms with van der Waals surface area (Å²) >= 11 is 6.07. The van der Waals surface area contributed by atoms with Crippen LogP contribution in [0.5, 0.6) is 0 Å². The van der Waals surface area contributed by atoms with Gasteiger partial charge in [-0.2, -0.15) is 0 Å². The number of amides is 1.